The third kappa shape index (κ3) is 8.57. The van der Waals surface area contributed by atoms with Gasteiger partial charge in [0.15, 0.2) is 0 Å². The van der Waals surface area contributed by atoms with Crippen molar-refractivity contribution in [3.63, 3.8) is 0 Å². The van der Waals surface area contributed by atoms with Gasteiger partial charge in [-0.25, -0.2) is 9.09 Å². The second-order valence-corrected chi connectivity index (χ2v) is 5.01. The summed E-state index contributed by atoms with van der Waals surface area (Å²) < 4.78 is 19.1. The lowest BCUT2D eigenvalue weighted by atomic mass is 9.97. The van der Waals surface area contributed by atoms with Gasteiger partial charge < -0.3 is 14.5 Å². The Morgan fingerprint density at radius 1 is 1.33 bits per heavy atom. The molecule has 0 aromatic heterocycles. The van der Waals surface area contributed by atoms with Crippen molar-refractivity contribution in [1.82, 2.24) is 0 Å². The van der Waals surface area contributed by atoms with Gasteiger partial charge in [-0.15, -0.1) is 0 Å². The quantitative estimate of drug-likeness (QED) is 0.444. The van der Waals surface area contributed by atoms with Gasteiger partial charge in [0.25, 0.3) is 0 Å². The van der Waals surface area contributed by atoms with E-state index in [2.05, 4.69) is 9.26 Å². The highest BCUT2D eigenvalue weighted by Crippen LogP contribution is 2.38. The smallest absolute Gasteiger partial charge is 0.435 e. The van der Waals surface area contributed by atoms with Crippen LogP contribution in [0.25, 0.3) is 0 Å². The van der Waals surface area contributed by atoms with Crippen molar-refractivity contribution in [3.8, 4) is 0 Å². The molecule has 0 bridgehead atoms. The molecule has 0 radical (unpaired) electrons. The molecule has 0 saturated carbocycles. The summed E-state index contributed by atoms with van der Waals surface area (Å²) in [5.41, 5.74) is -0.730. The second kappa shape index (κ2) is 5.61. The molecule has 0 fully saturated rings. The maximum absolute atomic E-state index is 11.2. The third-order valence-corrected chi connectivity index (χ3v) is 1.74. The number of ether oxygens (including phenoxy) is 1. The molecule has 0 heterocycles. The normalized spacial score (nSPS) is 14.0. The molecule has 1 atom stereocenters. The Balaban J connectivity index is 0. The van der Waals surface area contributed by atoms with Gasteiger partial charge in [-0.1, -0.05) is 7.43 Å². The summed E-state index contributed by atoms with van der Waals surface area (Å²) >= 11 is 0. The summed E-state index contributed by atoms with van der Waals surface area (Å²) in [4.78, 5) is 28.0. The molecule has 2 N–H and O–H groups in total. The number of hydrogen-bond acceptors (Lipinski definition) is 4. The van der Waals surface area contributed by atoms with E-state index in [1.54, 1.807) is 20.8 Å². The molecule has 0 amide bonds. The van der Waals surface area contributed by atoms with Gasteiger partial charge in [-0.3, -0.25) is 4.79 Å². The summed E-state index contributed by atoms with van der Waals surface area (Å²) in [6, 6.07) is 0. The fourth-order valence-electron chi connectivity index (χ4n) is 0.542. The highest BCUT2D eigenvalue weighted by Gasteiger charge is 2.28. The predicted octanol–water partition coefficient (Wildman–Crippen LogP) is 1.67. The van der Waals surface area contributed by atoms with E-state index in [1.807, 2.05) is 0 Å². The van der Waals surface area contributed by atoms with E-state index < -0.39 is 25.5 Å². The lowest BCUT2D eigenvalue weighted by Crippen LogP contribution is -2.27. The minimum atomic E-state index is -4.61. The van der Waals surface area contributed by atoms with Gasteiger partial charge in [-0.2, -0.15) is 0 Å². The first kappa shape index (κ1) is 17.0. The van der Waals surface area contributed by atoms with Crippen molar-refractivity contribution in [2.24, 2.45) is 5.41 Å². The highest BCUT2D eigenvalue weighted by atomic mass is 31.2. The topological polar surface area (TPSA) is 93.1 Å². The van der Waals surface area contributed by atoms with Crippen molar-refractivity contribution in [2.45, 2.75) is 41.4 Å². The Hall–Kier alpha value is -0.420. The van der Waals surface area contributed by atoms with Crippen LogP contribution in [0.2, 0.25) is 0 Å². The van der Waals surface area contributed by atoms with Crippen molar-refractivity contribution in [1.29, 1.82) is 0 Å². The summed E-state index contributed by atoms with van der Waals surface area (Å²) in [6.07, 6.45) is -1.26. The molecule has 0 spiro atoms. The molecular formula is C8H19O6P. The van der Waals surface area contributed by atoms with Gasteiger partial charge in [0, 0.05) is 0 Å². The number of hydrogen-bond donors (Lipinski definition) is 2. The van der Waals surface area contributed by atoms with E-state index in [0.29, 0.717) is 0 Å². The summed E-state index contributed by atoms with van der Waals surface area (Å²) in [5, 5.41) is 0. The zero-order valence-corrected chi connectivity index (χ0v) is 9.45. The maximum atomic E-state index is 11.2. The van der Waals surface area contributed by atoms with E-state index in [9.17, 15) is 9.36 Å². The SMILES string of the molecule is C.CC(OC(=O)C(C)(C)C)OP(=O)(O)O. The zero-order chi connectivity index (χ0) is 11.6. The molecule has 15 heavy (non-hydrogen) atoms. The lowest BCUT2D eigenvalue weighted by molar-refractivity contribution is -0.172. The van der Waals surface area contributed by atoms with Crippen LogP contribution in [0.4, 0.5) is 0 Å². The summed E-state index contributed by atoms with van der Waals surface area (Å²) in [6.45, 7) is 6.11. The Bertz CT molecular complexity index is 250. The molecule has 6 nitrogen and oxygen atoms in total. The molecule has 0 rings (SSSR count). The van der Waals surface area contributed by atoms with Gasteiger partial charge in [0.05, 0.1) is 5.41 Å². The van der Waals surface area contributed by atoms with Crippen molar-refractivity contribution in [3.05, 3.63) is 0 Å². The van der Waals surface area contributed by atoms with Crippen molar-refractivity contribution in [2.75, 3.05) is 0 Å². The molecule has 0 aliphatic carbocycles. The largest absolute Gasteiger partial charge is 0.472 e. The van der Waals surface area contributed by atoms with E-state index in [0.717, 1.165) is 0 Å². The number of phosphoric ester groups is 1. The number of esters is 1. The third-order valence-electron chi connectivity index (χ3n) is 1.17. The minimum Gasteiger partial charge on any atom is -0.435 e. The van der Waals surface area contributed by atoms with Crippen molar-refractivity contribution < 1.29 is 28.4 Å². The maximum Gasteiger partial charge on any atom is 0.472 e. The molecule has 0 aromatic rings. The van der Waals surface area contributed by atoms with Gasteiger partial charge in [0.2, 0.25) is 6.29 Å². The van der Waals surface area contributed by atoms with Gasteiger partial charge in [0.1, 0.15) is 0 Å². The number of phosphoric acid groups is 1. The Morgan fingerprint density at radius 2 is 1.73 bits per heavy atom. The van der Waals surface area contributed by atoms with Crippen LogP contribution >= 0.6 is 7.82 Å². The van der Waals surface area contributed by atoms with Crippen LogP contribution in [0.1, 0.15) is 35.1 Å². The molecule has 92 valence electrons. The fraction of sp³-hybridized carbons (Fsp3) is 0.875. The minimum absolute atomic E-state index is 0. The first-order chi connectivity index (χ1) is 6.02. The standard InChI is InChI=1S/C7H15O6P.CH4/c1-5(13-14(9,10)11)12-6(8)7(2,3)4;/h5H,1-4H3,(H2,9,10,11);1H4. The number of carbonyl (C=O) groups excluding carboxylic acids is 1. The molecular weight excluding hydrogens is 223 g/mol. The van der Waals surface area contributed by atoms with Crippen LogP contribution in [0.5, 0.6) is 0 Å². The Morgan fingerprint density at radius 3 is 2.00 bits per heavy atom. The Labute approximate surface area is 89.8 Å². The lowest BCUT2D eigenvalue weighted by Gasteiger charge is -2.20. The van der Waals surface area contributed by atoms with E-state index >= 15 is 0 Å². The molecule has 0 saturated heterocycles. The number of carbonyl (C=O) groups is 1. The fourth-order valence-corrected chi connectivity index (χ4v) is 0.972. The molecule has 0 aliphatic rings. The van der Waals surface area contributed by atoms with Crippen molar-refractivity contribution >= 4 is 13.8 Å². The van der Waals surface area contributed by atoms with Crippen LogP contribution < -0.4 is 0 Å². The Kier molecular flexibility index (Phi) is 6.35. The van der Waals surface area contributed by atoms with Crippen LogP contribution in [0.15, 0.2) is 0 Å². The average molecular weight is 242 g/mol. The summed E-state index contributed by atoms with van der Waals surface area (Å²) in [7, 11) is -4.61. The molecule has 1 unspecified atom stereocenters. The highest BCUT2D eigenvalue weighted by molar-refractivity contribution is 7.46. The van der Waals surface area contributed by atoms with Crippen LogP contribution in [0.3, 0.4) is 0 Å². The average Bonchev–Trinajstić information content (AvgIpc) is 1.79. The van der Waals surface area contributed by atoms with E-state index in [4.69, 9.17) is 9.79 Å². The molecule has 0 aliphatic heterocycles. The second-order valence-electron chi connectivity index (χ2n) is 3.82. The van der Waals surface area contributed by atoms with E-state index in [1.165, 1.54) is 6.92 Å². The first-order valence-electron chi connectivity index (χ1n) is 3.97. The summed E-state index contributed by atoms with van der Waals surface area (Å²) in [5.74, 6) is -0.585. The number of rotatable bonds is 3. The molecule has 7 heteroatoms. The zero-order valence-electron chi connectivity index (χ0n) is 8.55. The first-order valence-corrected chi connectivity index (χ1v) is 5.50. The van der Waals surface area contributed by atoms with E-state index in [-0.39, 0.29) is 7.43 Å². The van der Waals surface area contributed by atoms with Gasteiger partial charge >= 0.3 is 13.8 Å². The van der Waals surface area contributed by atoms with Crippen LogP contribution in [-0.4, -0.2) is 22.0 Å². The monoisotopic (exact) mass is 242 g/mol. The van der Waals surface area contributed by atoms with Crippen LogP contribution in [-0.2, 0) is 18.6 Å². The molecule has 0 aromatic carbocycles. The predicted molar refractivity (Wildman–Crippen MR) is 54.9 cm³/mol. The van der Waals surface area contributed by atoms with Gasteiger partial charge in [-0.05, 0) is 27.7 Å². The van der Waals surface area contributed by atoms with Crippen LogP contribution in [0, 0.1) is 5.41 Å².